The molecule has 2 aromatic heterocycles. The number of hydrogen-bond donors (Lipinski definition) is 0. The van der Waals surface area contributed by atoms with Gasteiger partial charge in [0.15, 0.2) is 17.5 Å². The van der Waals surface area contributed by atoms with Crippen LogP contribution in [0.5, 0.6) is 0 Å². The molecule has 0 bridgehead atoms. The minimum absolute atomic E-state index is 0.566. The molecule has 0 saturated heterocycles. The molecule has 61 heavy (non-hydrogen) atoms. The molecule has 4 nitrogen and oxygen atoms in total. The minimum Gasteiger partial charge on any atom is -0.456 e. The molecule has 286 valence electrons. The number of aromatic nitrogens is 3. The van der Waals surface area contributed by atoms with Gasteiger partial charge >= 0.3 is 0 Å². The van der Waals surface area contributed by atoms with Gasteiger partial charge in [-0.1, -0.05) is 182 Å². The number of benzene rings is 9. The first-order valence-electron chi connectivity index (χ1n) is 20.5. The third-order valence-corrected chi connectivity index (χ3v) is 11.3. The van der Waals surface area contributed by atoms with Crippen molar-refractivity contribution in [3.8, 4) is 89.8 Å². The van der Waals surface area contributed by atoms with E-state index in [1.807, 2.05) is 30.3 Å². The van der Waals surface area contributed by atoms with Crippen LogP contribution in [0, 0.1) is 0 Å². The average Bonchev–Trinajstić information content (AvgIpc) is 3.73. The molecule has 0 amide bonds. The molecule has 0 atom stereocenters. The highest BCUT2D eigenvalue weighted by atomic mass is 16.3. The topological polar surface area (TPSA) is 51.8 Å². The Kier molecular flexibility index (Phi) is 9.14. The summed E-state index contributed by atoms with van der Waals surface area (Å²) in [5.41, 5.74) is 15.6. The summed E-state index contributed by atoms with van der Waals surface area (Å²) in [4.78, 5) is 15.6. The molecule has 2 heterocycles. The van der Waals surface area contributed by atoms with Crippen LogP contribution < -0.4 is 0 Å². The maximum atomic E-state index is 6.63. The summed E-state index contributed by atoms with van der Waals surface area (Å²) in [6.45, 7) is 0. The third kappa shape index (κ3) is 7.07. The highest BCUT2D eigenvalue weighted by Gasteiger charge is 2.18. The van der Waals surface area contributed by atoms with Gasteiger partial charge in [-0.3, -0.25) is 0 Å². The lowest BCUT2D eigenvalue weighted by molar-refractivity contribution is 0.669. The van der Waals surface area contributed by atoms with E-state index in [-0.39, 0.29) is 0 Å². The Labute approximate surface area is 354 Å². The lowest BCUT2D eigenvalue weighted by atomic mass is 9.95. The van der Waals surface area contributed by atoms with Crippen molar-refractivity contribution in [2.24, 2.45) is 0 Å². The second-order valence-corrected chi connectivity index (χ2v) is 15.2. The van der Waals surface area contributed by atoms with Crippen molar-refractivity contribution in [3.63, 3.8) is 0 Å². The predicted octanol–water partition coefficient (Wildman–Crippen LogP) is 15.1. The Balaban J connectivity index is 1.06. The Hall–Kier alpha value is -8.21. The lowest BCUT2D eigenvalue weighted by Gasteiger charge is -2.13. The molecule has 0 aliphatic heterocycles. The number of rotatable bonds is 8. The van der Waals surface area contributed by atoms with Gasteiger partial charge in [0, 0.05) is 27.5 Å². The van der Waals surface area contributed by atoms with Crippen LogP contribution in [-0.2, 0) is 0 Å². The van der Waals surface area contributed by atoms with Crippen molar-refractivity contribution in [1.29, 1.82) is 0 Å². The lowest BCUT2D eigenvalue weighted by Crippen LogP contribution is -2.00. The van der Waals surface area contributed by atoms with E-state index in [1.165, 1.54) is 11.1 Å². The Morgan fingerprint density at radius 2 is 0.656 bits per heavy atom. The zero-order chi connectivity index (χ0) is 40.5. The van der Waals surface area contributed by atoms with Crippen molar-refractivity contribution in [2.75, 3.05) is 0 Å². The summed E-state index contributed by atoms with van der Waals surface area (Å²) in [6.07, 6.45) is 0. The number of nitrogens with zero attached hydrogens (tertiary/aromatic N) is 3. The summed E-state index contributed by atoms with van der Waals surface area (Å²) in [6, 6.07) is 78.2. The molecule has 0 saturated carbocycles. The number of hydrogen-bond acceptors (Lipinski definition) is 4. The molecule has 9 aromatic carbocycles. The fourth-order valence-corrected chi connectivity index (χ4v) is 8.26. The summed E-state index contributed by atoms with van der Waals surface area (Å²) < 4.78 is 6.63. The summed E-state index contributed by atoms with van der Waals surface area (Å²) in [7, 11) is 0. The van der Waals surface area contributed by atoms with Crippen LogP contribution >= 0.6 is 0 Å². The average molecular weight is 780 g/mol. The zero-order valence-electron chi connectivity index (χ0n) is 33.1. The van der Waals surface area contributed by atoms with Gasteiger partial charge in [0.25, 0.3) is 0 Å². The molecule has 11 aromatic rings. The third-order valence-electron chi connectivity index (χ3n) is 11.3. The molecule has 0 spiro atoms. The van der Waals surface area contributed by atoms with Gasteiger partial charge in [0.2, 0.25) is 0 Å². The Morgan fingerprint density at radius 3 is 1.26 bits per heavy atom. The molecule has 4 heteroatoms. The molecular formula is C57H37N3O. The molecular weight excluding hydrogens is 743 g/mol. The maximum Gasteiger partial charge on any atom is 0.164 e. The smallest absolute Gasteiger partial charge is 0.164 e. The van der Waals surface area contributed by atoms with Crippen LogP contribution in [0.4, 0.5) is 0 Å². The normalized spacial score (nSPS) is 11.3. The predicted molar refractivity (Wildman–Crippen MR) is 251 cm³/mol. The fraction of sp³-hybridized carbons (Fsp3) is 0. The van der Waals surface area contributed by atoms with E-state index in [0.717, 1.165) is 83.1 Å². The summed E-state index contributed by atoms with van der Waals surface area (Å²) in [5, 5.41) is 2.12. The molecule has 0 aliphatic rings. The van der Waals surface area contributed by atoms with Crippen LogP contribution in [0.3, 0.4) is 0 Å². The molecule has 0 fully saturated rings. The van der Waals surface area contributed by atoms with Crippen molar-refractivity contribution in [3.05, 3.63) is 224 Å². The van der Waals surface area contributed by atoms with E-state index in [4.69, 9.17) is 19.4 Å². The number of fused-ring (bicyclic) bond motifs is 3. The standard InChI is InChI=1S/C57H37N3O/c1-5-15-38(16-6-1)42-27-29-43(30-28-42)55-58-56(60-57(59-55)49-35-47(40-19-9-3-10-20-40)34-48(36-49)41-21-11-4-12-22-41)46-31-32-51-53(37-46)61-52-26-14-25-50(54(51)52)45-24-13-23-44(33-45)39-17-7-2-8-18-39/h1-37H. The second-order valence-electron chi connectivity index (χ2n) is 15.2. The van der Waals surface area contributed by atoms with Gasteiger partial charge in [0.05, 0.1) is 0 Å². The van der Waals surface area contributed by atoms with Crippen molar-refractivity contribution in [2.45, 2.75) is 0 Å². The van der Waals surface area contributed by atoms with Gasteiger partial charge in [-0.25, -0.2) is 15.0 Å². The quantitative estimate of drug-likeness (QED) is 0.154. The molecule has 11 rings (SSSR count). The van der Waals surface area contributed by atoms with Crippen molar-refractivity contribution < 1.29 is 4.42 Å². The maximum absolute atomic E-state index is 6.63. The molecule has 0 aliphatic carbocycles. The highest BCUT2D eigenvalue weighted by Crippen LogP contribution is 2.40. The summed E-state index contributed by atoms with van der Waals surface area (Å²) >= 11 is 0. The second kappa shape index (κ2) is 15.5. The Morgan fingerprint density at radius 1 is 0.246 bits per heavy atom. The molecule has 0 radical (unpaired) electrons. The molecule has 0 unspecified atom stereocenters. The number of furan rings is 1. The fourth-order valence-electron chi connectivity index (χ4n) is 8.26. The van der Waals surface area contributed by atoms with E-state index in [1.54, 1.807) is 0 Å². The Bertz CT molecular complexity index is 3270. The van der Waals surface area contributed by atoms with Gasteiger partial charge in [0.1, 0.15) is 11.2 Å². The van der Waals surface area contributed by atoms with Gasteiger partial charge < -0.3 is 4.42 Å². The van der Waals surface area contributed by atoms with Gasteiger partial charge in [-0.15, -0.1) is 0 Å². The minimum atomic E-state index is 0.566. The monoisotopic (exact) mass is 779 g/mol. The van der Waals surface area contributed by atoms with Gasteiger partial charge in [-0.05, 0) is 98.1 Å². The van der Waals surface area contributed by atoms with Crippen LogP contribution in [-0.4, -0.2) is 15.0 Å². The SMILES string of the molecule is c1ccc(-c2ccc(-c3nc(-c4cc(-c5ccccc5)cc(-c5ccccc5)c4)nc(-c4ccc5c(c4)oc4cccc(-c6cccc(-c7ccccc7)c6)c45)n3)cc2)cc1. The van der Waals surface area contributed by atoms with E-state index in [2.05, 4.69) is 194 Å². The van der Waals surface area contributed by atoms with Crippen LogP contribution in [0.1, 0.15) is 0 Å². The first-order valence-corrected chi connectivity index (χ1v) is 20.5. The first-order chi connectivity index (χ1) is 30.2. The van der Waals surface area contributed by atoms with Crippen LogP contribution in [0.2, 0.25) is 0 Å². The largest absolute Gasteiger partial charge is 0.456 e. The van der Waals surface area contributed by atoms with E-state index < -0.39 is 0 Å². The van der Waals surface area contributed by atoms with Crippen molar-refractivity contribution >= 4 is 21.9 Å². The van der Waals surface area contributed by atoms with Crippen LogP contribution in [0.25, 0.3) is 112 Å². The van der Waals surface area contributed by atoms with E-state index in [9.17, 15) is 0 Å². The molecule has 0 N–H and O–H groups in total. The van der Waals surface area contributed by atoms with Crippen LogP contribution in [0.15, 0.2) is 229 Å². The summed E-state index contributed by atoms with van der Waals surface area (Å²) in [5.74, 6) is 1.75. The highest BCUT2D eigenvalue weighted by molar-refractivity contribution is 6.13. The van der Waals surface area contributed by atoms with Gasteiger partial charge in [-0.2, -0.15) is 0 Å². The van der Waals surface area contributed by atoms with E-state index in [0.29, 0.717) is 17.5 Å². The van der Waals surface area contributed by atoms with E-state index >= 15 is 0 Å². The van der Waals surface area contributed by atoms with Crippen molar-refractivity contribution in [1.82, 2.24) is 15.0 Å². The zero-order valence-corrected chi connectivity index (χ0v) is 33.1. The first kappa shape index (κ1) is 35.9.